The van der Waals surface area contributed by atoms with Gasteiger partial charge in [-0.05, 0) is 70.1 Å². The first-order valence-corrected chi connectivity index (χ1v) is 14.0. The summed E-state index contributed by atoms with van der Waals surface area (Å²) in [5.41, 5.74) is 12.1. The van der Waals surface area contributed by atoms with E-state index < -0.39 is 23.1 Å². The highest BCUT2D eigenvalue weighted by Crippen LogP contribution is 2.37. The summed E-state index contributed by atoms with van der Waals surface area (Å²) < 4.78 is 5.54. The first kappa shape index (κ1) is 32.4. The second-order valence-corrected chi connectivity index (χ2v) is 12.6. The molecule has 7 N–H and O–H groups in total. The fourth-order valence-electron chi connectivity index (χ4n) is 4.61. The molecule has 1 aromatic carbocycles. The monoisotopic (exact) mass is 546 g/mol. The summed E-state index contributed by atoms with van der Waals surface area (Å²) in [6.07, 6.45) is 2.22. The molecule has 1 saturated heterocycles. The molecule has 10 heteroatoms. The molecule has 39 heavy (non-hydrogen) atoms. The number of primary amides is 1. The Morgan fingerprint density at radius 1 is 1.15 bits per heavy atom. The number of hydrogen-bond donors (Lipinski definition) is 5. The van der Waals surface area contributed by atoms with Crippen molar-refractivity contribution >= 4 is 23.7 Å². The van der Waals surface area contributed by atoms with Gasteiger partial charge in [0.1, 0.15) is 5.60 Å². The summed E-state index contributed by atoms with van der Waals surface area (Å²) in [4.78, 5) is 38.1. The molecule has 10 nitrogen and oxygen atoms in total. The second-order valence-electron chi connectivity index (χ2n) is 12.6. The van der Waals surface area contributed by atoms with Crippen LogP contribution in [0.4, 0.5) is 15.3 Å². The predicted octanol–water partition coefficient (Wildman–Crippen LogP) is 3.59. The molecule has 4 amide bonds. The molecule has 1 fully saturated rings. The van der Waals surface area contributed by atoms with E-state index in [1.54, 1.807) is 20.8 Å². The van der Waals surface area contributed by atoms with Gasteiger partial charge in [-0.15, -0.1) is 0 Å². The van der Waals surface area contributed by atoms with Crippen molar-refractivity contribution in [3.8, 4) is 0 Å². The average molecular weight is 547 g/mol. The molecule has 0 radical (unpaired) electrons. The Morgan fingerprint density at radius 2 is 1.79 bits per heavy atom. The number of hydrogen-bond acceptors (Lipinski definition) is 7. The number of nitrogens with two attached hydrogens (primary N) is 2. The van der Waals surface area contributed by atoms with Crippen LogP contribution in [0.3, 0.4) is 0 Å². The fraction of sp³-hybridized carbons (Fsp3) is 0.690. The zero-order valence-electron chi connectivity index (χ0n) is 24.8. The minimum Gasteiger partial charge on any atom is -0.443 e. The Balaban J connectivity index is 2.00. The summed E-state index contributed by atoms with van der Waals surface area (Å²) in [5, 5.41) is 9.67. The van der Waals surface area contributed by atoms with Crippen LogP contribution in [0.15, 0.2) is 24.3 Å². The van der Waals surface area contributed by atoms with E-state index in [0.29, 0.717) is 38.4 Å². The van der Waals surface area contributed by atoms with Crippen LogP contribution in [-0.2, 0) is 16.0 Å². The van der Waals surface area contributed by atoms with E-state index in [0.717, 1.165) is 24.1 Å². The first-order chi connectivity index (χ1) is 18.1. The van der Waals surface area contributed by atoms with Crippen molar-refractivity contribution in [1.29, 1.82) is 0 Å². The molecule has 220 valence electrons. The van der Waals surface area contributed by atoms with Gasteiger partial charge in [0.05, 0.1) is 0 Å². The molecule has 0 saturated carbocycles. The lowest BCUT2D eigenvalue weighted by Gasteiger charge is -2.27. The van der Waals surface area contributed by atoms with Crippen LogP contribution in [0, 0.1) is 11.3 Å². The number of nitrogens with zero attached hydrogens (tertiary/aromatic N) is 1. The minimum atomic E-state index is -0.674. The molecule has 0 aliphatic carbocycles. The zero-order chi connectivity index (χ0) is 29.4. The van der Waals surface area contributed by atoms with Crippen molar-refractivity contribution in [2.45, 2.75) is 97.9 Å². The fourth-order valence-corrected chi connectivity index (χ4v) is 4.61. The van der Waals surface area contributed by atoms with E-state index in [1.165, 1.54) is 4.90 Å². The number of benzene rings is 1. The van der Waals surface area contributed by atoms with E-state index in [1.807, 2.05) is 38.1 Å². The lowest BCUT2D eigenvalue weighted by Crippen LogP contribution is -2.45. The first-order valence-electron chi connectivity index (χ1n) is 14.0. The summed E-state index contributed by atoms with van der Waals surface area (Å²) in [6.45, 7) is 15.3. The van der Waals surface area contributed by atoms with Gasteiger partial charge < -0.3 is 32.2 Å². The van der Waals surface area contributed by atoms with Gasteiger partial charge in [-0.1, -0.05) is 39.8 Å². The Hall–Kier alpha value is -2.85. The van der Waals surface area contributed by atoms with Crippen LogP contribution in [-0.4, -0.2) is 66.3 Å². The van der Waals surface area contributed by atoms with Crippen LogP contribution < -0.4 is 27.4 Å². The van der Waals surface area contributed by atoms with Crippen molar-refractivity contribution in [1.82, 2.24) is 15.5 Å². The van der Waals surface area contributed by atoms with Gasteiger partial charge in [0.15, 0.2) is 0 Å². The normalized spacial score (nSPS) is 18.6. The number of nitrogens with one attached hydrogen (secondary N) is 3. The van der Waals surface area contributed by atoms with Crippen LogP contribution in [0.5, 0.6) is 0 Å². The van der Waals surface area contributed by atoms with Crippen molar-refractivity contribution in [3.63, 3.8) is 0 Å². The molecular formula is C29H50N6O4. The molecule has 1 heterocycles. The highest BCUT2D eigenvalue weighted by molar-refractivity contribution is 5.97. The van der Waals surface area contributed by atoms with Gasteiger partial charge in [0, 0.05) is 48.9 Å². The molecule has 0 spiro atoms. The summed E-state index contributed by atoms with van der Waals surface area (Å²) in [7, 11) is 0. The van der Waals surface area contributed by atoms with Crippen molar-refractivity contribution in [2.24, 2.45) is 22.8 Å². The third-order valence-corrected chi connectivity index (χ3v) is 7.00. The molecular weight excluding hydrogens is 496 g/mol. The van der Waals surface area contributed by atoms with Crippen LogP contribution >= 0.6 is 0 Å². The minimum absolute atomic E-state index is 0.0585. The number of rotatable bonds is 13. The van der Waals surface area contributed by atoms with Crippen molar-refractivity contribution in [2.75, 3.05) is 25.0 Å². The number of urea groups is 1. The van der Waals surface area contributed by atoms with Gasteiger partial charge in [-0.2, -0.15) is 0 Å². The number of carbonyl (C=O) groups excluding carboxylic acids is 3. The molecule has 0 unspecified atom stereocenters. The van der Waals surface area contributed by atoms with Crippen molar-refractivity contribution < 1.29 is 19.1 Å². The van der Waals surface area contributed by atoms with Crippen molar-refractivity contribution in [3.05, 3.63) is 29.8 Å². The summed E-state index contributed by atoms with van der Waals surface area (Å²) in [5.74, 6) is 0.184. The van der Waals surface area contributed by atoms with Gasteiger partial charge in [-0.25, -0.2) is 14.5 Å². The maximum Gasteiger partial charge on any atom is 0.417 e. The third kappa shape index (κ3) is 10.7. The topological polar surface area (TPSA) is 152 Å². The van der Waals surface area contributed by atoms with Crippen LogP contribution in [0.1, 0.15) is 73.3 Å². The molecule has 3 atom stereocenters. The molecule has 0 bridgehead atoms. The lowest BCUT2D eigenvalue weighted by atomic mass is 9.88. The number of ether oxygens (including phenoxy) is 1. The highest BCUT2D eigenvalue weighted by Gasteiger charge is 2.49. The van der Waals surface area contributed by atoms with Crippen LogP contribution in [0.25, 0.3) is 0 Å². The van der Waals surface area contributed by atoms with Gasteiger partial charge in [0.25, 0.3) is 0 Å². The molecule has 2 rings (SSSR count). The third-order valence-electron chi connectivity index (χ3n) is 7.00. The zero-order valence-corrected chi connectivity index (χ0v) is 24.8. The average Bonchev–Trinajstić information content (AvgIpc) is 3.04. The number of anilines is 1. The molecule has 1 aliphatic heterocycles. The van der Waals surface area contributed by atoms with E-state index in [9.17, 15) is 14.4 Å². The predicted molar refractivity (Wildman–Crippen MR) is 155 cm³/mol. The Morgan fingerprint density at radius 3 is 2.36 bits per heavy atom. The van der Waals surface area contributed by atoms with E-state index in [2.05, 4.69) is 29.8 Å². The highest BCUT2D eigenvalue weighted by atomic mass is 16.6. The lowest BCUT2D eigenvalue weighted by molar-refractivity contribution is -0.134. The number of likely N-dealkylation sites (tertiary alicyclic amines) is 1. The van der Waals surface area contributed by atoms with Gasteiger partial charge in [-0.3, -0.25) is 4.79 Å². The molecule has 1 aromatic rings. The summed E-state index contributed by atoms with van der Waals surface area (Å²) in [6, 6.07) is 7.54. The quantitative estimate of drug-likeness (QED) is 0.237. The van der Waals surface area contributed by atoms with E-state index >= 15 is 0 Å². The van der Waals surface area contributed by atoms with E-state index in [4.69, 9.17) is 16.2 Å². The smallest absolute Gasteiger partial charge is 0.417 e. The maximum absolute atomic E-state index is 13.0. The second kappa shape index (κ2) is 14.0. The number of imide groups is 1. The standard InChI is InChI=1S/C29H50N6O4/c1-19(2)24(30)18-34-22(9-8-14-32-26(31)37)17-33-21-12-10-20(11-13-21)15-23-16-29(6,7)25(36)35(23)27(38)39-28(3,4)5/h10-13,19,22-24,33-34H,8-9,14-18,30H2,1-7H3,(H3,31,32,37)/t22-,23-,24+/m0/s1. The number of carbonyl (C=O) groups is 3. The maximum atomic E-state index is 13.0. The SMILES string of the molecule is CC(C)[C@H](N)CN[C@@H](CCCNC(N)=O)CNc1ccc(C[C@H]2CC(C)(C)C(=O)N2C(=O)OC(C)(C)C)cc1. The Kier molecular flexibility index (Phi) is 11.6. The number of amides is 4. The van der Waals surface area contributed by atoms with Gasteiger partial charge >= 0.3 is 12.1 Å². The van der Waals surface area contributed by atoms with Crippen LogP contribution in [0.2, 0.25) is 0 Å². The largest absolute Gasteiger partial charge is 0.443 e. The molecule has 0 aromatic heterocycles. The Labute approximate surface area is 234 Å². The van der Waals surface area contributed by atoms with Gasteiger partial charge in [0.2, 0.25) is 5.91 Å². The van der Waals surface area contributed by atoms with E-state index in [-0.39, 0.29) is 24.0 Å². The summed E-state index contributed by atoms with van der Waals surface area (Å²) >= 11 is 0. The Bertz CT molecular complexity index is 958. The molecule has 1 aliphatic rings.